The van der Waals surface area contributed by atoms with Gasteiger partial charge in [0.2, 0.25) is 0 Å². The summed E-state index contributed by atoms with van der Waals surface area (Å²) >= 11 is 0. The molecule has 0 spiro atoms. The summed E-state index contributed by atoms with van der Waals surface area (Å²) in [5.41, 5.74) is 0. The minimum Gasteiger partial charge on any atom is -0.288 e. The van der Waals surface area contributed by atoms with E-state index in [4.69, 9.17) is 4.55 Å². The zero-order valence-electron chi connectivity index (χ0n) is 10.5. The minimum atomic E-state index is -3.88. The second kappa shape index (κ2) is 5.24. The van der Waals surface area contributed by atoms with Crippen LogP contribution in [0.1, 0.15) is 44.9 Å². The molecule has 5 heteroatoms. The summed E-state index contributed by atoms with van der Waals surface area (Å²) in [7, 11) is -2.07. The lowest BCUT2D eigenvalue weighted by molar-refractivity contribution is 0.0965. The Morgan fingerprint density at radius 3 is 2.41 bits per heavy atom. The number of fused-ring (bicyclic) bond motifs is 1. The van der Waals surface area contributed by atoms with Crippen LogP contribution in [0.3, 0.4) is 0 Å². The zero-order valence-corrected chi connectivity index (χ0v) is 11.3. The van der Waals surface area contributed by atoms with E-state index in [1.807, 2.05) is 7.05 Å². The summed E-state index contributed by atoms with van der Waals surface area (Å²) in [5, 5.41) is 0. The van der Waals surface area contributed by atoms with E-state index in [9.17, 15) is 8.42 Å². The van der Waals surface area contributed by atoms with Crippen LogP contribution in [0.4, 0.5) is 0 Å². The molecule has 0 radical (unpaired) electrons. The van der Waals surface area contributed by atoms with Gasteiger partial charge in [0, 0.05) is 6.04 Å². The third-order valence-corrected chi connectivity index (χ3v) is 5.24. The molecule has 2 aliphatic rings. The maximum Gasteiger partial charge on any atom is 0.278 e. The van der Waals surface area contributed by atoms with Crippen LogP contribution in [0.15, 0.2) is 0 Å². The maximum atomic E-state index is 10.9. The first-order valence-corrected chi connectivity index (χ1v) is 8.22. The van der Waals surface area contributed by atoms with Gasteiger partial charge in [-0.05, 0) is 38.1 Å². The van der Waals surface area contributed by atoms with Gasteiger partial charge in [0.05, 0.1) is 0 Å². The van der Waals surface area contributed by atoms with Gasteiger partial charge in [-0.15, -0.1) is 0 Å². The van der Waals surface area contributed by atoms with E-state index in [2.05, 4.69) is 0 Å². The molecular weight excluding hydrogens is 238 g/mol. The van der Waals surface area contributed by atoms with E-state index in [1.54, 1.807) is 4.90 Å². The average molecular weight is 261 g/mol. The number of hydrogen-bond donors (Lipinski definition) is 1. The van der Waals surface area contributed by atoms with Gasteiger partial charge in [-0.1, -0.05) is 25.7 Å². The molecule has 2 aliphatic carbocycles. The summed E-state index contributed by atoms with van der Waals surface area (Å²) in [5.74, 6) is 1.43. The van der Waals surface area contributed by atoms with Crippen LogP contribution in [-0.4, -0.2) is 36.8 Å². The third-order valence-electron chi connectivity index (χ3n) is 4.50. The second-order valence-corrected chi connectivity index (χ2v) is 7.16. The Bertz CT molecular complexity index is 355. The van der Waals surface area contributed by atoms with Gasteiger partial charge in [0.25, 0.3) is 10.1 Å². The highest BCUT2D eigenvalue weighted by atomic mass is 32.2. The summed E-state index contributed by atoms with van der Waals surface area (Å²) in [4.78, 5) is 1.81. The highest BCUT2D eigenvalue weighted by Gasteiger charge is 2.34. The largest absolute Gasteiger partial charge is 0.288 e. The molecule has 0 saturated heterocycles. The van der Waals surface area contributed by atoms with Crippen LogP contribution >= 0.6 is 0 Å². The quantitative estimate of drug-likeness (QED) is 0.791. The molecule has 2 rings (SSSR count). The molecule has 0 aromatic rings. The number of rotatable bonds is 3. The zero-order chi connectivity index (χ0) is 12.5. The Kier molecular flexibility index (Phi) is 4.10. The van der Waals surface area contributed by atoms with E-state index in [1.165, 1.54) is 32.1 Å². The molecule has 100 valence electrons. The summed E-state index contributed by atoms with van der Waals surface area (Å²) in [6.45, 7) is 0. The molecule has 4 nitrogen and oxygen atoms in total. The van der Waals surface area contributed by atoms with Crippen molar-refractivity contribution in [2.24, 2.45) is 11.8 Å². The van der Waals surface area contributed by atoms with Crippen LogP contribution in [0.2, 0.25) is 0 Å². The standard InChI is InChI=1S/C12H23NO3S/c1-13(9-17(14,15)16)12-7-6-10-4-2-3-5-11(10)8-12/h10-12H,2-9H2,1H3,(H,14,15,16). The van der Waals surface area contributed by atoms with Gasteiger partial charge >= 0.3 is 0 Å². The van der Waals surface area contributed by atoms with Crippen molar-refractivity contribution < 1.29 is 13.0 Å². The van der Waals surface area contributed by atoms with Crippen LogP contribution in [0.5, 0.6) is 0 Å². The third kappa shape index (κ3) is 3.66. The highest BCUT2D eigenvalue weighted by molar-refractivity contribution is 7.85. The predicted molar refractivity (Wildman–Crippen MR) is 67.3 cm³/mol. The molecule has 3 unspecified atom stereocenters. The first-order chi connectivity index (χ1) is 7.96. The van der Waals surface area contributed by atoms with Crippen molar-refractivity contribution in [2.45, 2.75) is 51.0 Å². The van der Waals surface area contributed by atoms with Crippen molar-refractivity contribution in [1.29, 1.82) is 0 Å². The van der Waals surface area contributed by atoms with E-state index in [0.717, 1.165) is 24.7 Å². The fourth-order valence-corrected chi connectivity index (χ4v) is 4.34. The SMILES string of the molecule is CN(CS(=O)(=O)O)C1CCC2CCCCC2C1. The highest BCUT2D eigenvalue weighted by Crippen LogP contribution is 2.41. The van der Waals surface area contributed by atoms with Crippen molar-refractivity contribution in [3.63, 3.8) is 0 Å². The number of hydrogen-bond acceptors (Lipinski definition) is 3. The topological polar surface area (TPSA) is 57.6 Å². The fourth-order valence-electron chi connectivity index (χ4n) is 3.61. The van der Waals surface area contributed by atoms with Crippen molar-refractivity contribution in [3.05, 3.63) is 0 Å². The molecular formula is C12H23NO3S. The summed E-state index contributed by atoms with van der Waals surface area (Å²) in [6, 6.07) is 0.330. The number of nitrogens with zero attached hydrogens (tertiary/aromatic N) is 1. The fraction of sp³-hybridized carbons (Fsp3) is 1.00. The van der Waals surface area contributed by atoms with Crippen molar-refractivity contribution in [3.8, 4) is 0 Å². The molecule has 0 amide bonds. The molecule has 0 aromatic heterocycles. The van der Waals surface area contributed by atoms with Gasteiger partial charge in [0.1, 0.15) is 5.88 Å². The lowest BCUT2D eigenvalue weighted by Gasteiger charge is -2.42. The van der Waals surface area contributed by atoms with Crippen molar-refractivity contribution >= 4 is 10.1 Å². The molecule has 3 atom stereocenters. The van der Waals surface area contributed by atoms with E-state index >= 15 is 0 Å². The smallest absolute Gasteiger partial charge is 0.278 e. The van der Waals surface area contributed by atoms with E-state index in [-0.39, 0.29) is 5.88 Å². The first kappa shape index (κ1) is 13.3. The van der Waals surface area contributed by atoms with Gasteiger partial charge in [-0.25, -0.2) is 0 Å². The van der Waals surface area contributed by atoms with Gasteiger partial charge in [-0.3, -0.25) is 9.45 Å². The second-order valence-electron chi connectivity index (χ2n) is 5.74. The minimum absolute atomic E-state index is 0.227. The molecule has 2 saturated carbocycles. The average Bonchev–Trinajstić information content (AvgIpc) is 2.26. The summed E-state index contributed by atoms with van der Waals surface area (Å²) < 4.78 is 30.6. The normalized spacial score (nSPS) is 34.6. The van der Waals surface area contributed by atoms with E-state index in [0.29, 0.717) is 6.04 Å². The Morgan fingerprint density at radius 2 is 1.76 bits per heavy atom. The molecule has 0 aromatic carbocycles. The van der Waals surface area contributed by atoms with Gasteiger partial charge < -0.3 is 0 Å². The Morgan fingerprint density at radius 1 is 1.12 bits per heavy atom. The predicted octanol–water partition coefficient (Wildman–Crippen LogP) is 2.12. The van der Waals surface area contributed by atoms with Crippen LogP contribution in [0, 0.1) is 11.8 Å². The Hall–Kier alpha value is -0.130. The summed E-state index contributed by atoms with van der Waals surface area (Å²) in [6.07, 6.45) is 8.78. The lowest BCUT2D eigenvalue weighted by Crippen LogP contribution is -2.42. The van der Waals surface area contributed by atoms with Crippen LogP contribution in [-0.2, 0) is 10.1 Å². The molecule has 0 bridgehead atoms. The maximum absolute atomic E-state index is 10.9. The molecule has 17 heavy (non-hydrogen) atoms. The first-order valence-electron chi connectivity index (χ1n) is 6.61. The Balaban J connectivity index is 1.90. The molecule has 2 fully saturated rings. The lowest BCUT2D eigenvalue weighted by atomic mass is 9.69. The van der Waals surface area contributed by atoms with Gasteiger partial charge in [0.15, 0.2) is 0 Å². The van der Waals surface area contributed by atoms with Crippen molar-refractivity contribution in [1.82, 2.24) is 4.90 Å². The molecule has 1 N–H and O–H groups in total. The van der Waals surface area contributed by atoms with Crippen LogP contribution < -0.4 is 0 Å². The Labute approximate surface area is 104 Å². The molecule has 0 aliphatic heterocycles. The van der Waals surface area contributed by atoms with Gasteiger partial charge in [-0.2, -0.15) is 8.42 Å². The van der Waals surface area contributed by atoms with Crippen molar-refractivity contribution in [2.75, 3.05) is 12.9 Å². The molecule has 0 heterocycles. The van der Waals surface area contributed by atoms with E-state index < -0.39 is 10.1 Å². The van der Waals surface area contributed by atoms with Crippen LogP contribution in [0.25, 0.3) is 0 Å². The monoisotopic (exact) mass is 261 g/mol.